The van der Waals surface area contributed by atoms with E-state index in [9.17, 15) is 0 Å². The van der Waals surface area contributed by atoms with Crippen LogP contribution in [0.25, 0.3) is 22.1 Å². The summed E-state index contributed by atoms with van der Waals surface area (Å²) >= 11 is 0. The van der Waals surface area contributed by atoms with Gasteiger partial charge in [0.2, 0.25) is 0 Å². The molecule has 0 aliphatic heterocycles. The zero-order chi connectivity index (χ0) is 12.9. The van der Waals surface area contributed by atoms with Crippen molar-refractivity contribution in [3.63, 3.8) is 0 Å². The summed E-state index contributed by atoms with van der Waals surface area (Å²) in [4.78, 5) is 0. The molecular weight excluding hydrogens is 226 g/mol. The highest BCUT2D eigenvalue weighted by Gasteiger charge is 2.15. The normalized spacial score (nSPS) is 11.3. The molecule has 92 valence electrons. The Hall–Kier alpha value is -2.23. The number of furan rings is 1. The number of aromatic nitrogens is 2. The first kappa shape index (κ1) is 10.9. The highest BCUT2D eigenvalue weighted by atomic mass is 16.3. The van der Waals surface area contributed by atoms with Gasteiger partial charge in [-0.25, -0.2) is 0 Å². The predicted molar refractivity (Wildman–Crippen MR) is 72.3 cm³/mol. The van der Waals surface area contributed by atoms with Gasteiger partial charge in [-0.3, -0.25) is 4.68 Å². The Kier molecular flexibility index (Phi) is 2.20. The number of rotatable bonds is 1. The Morgan fingerprint density at radius 2 is 2.00 bits per heavy atom. The molecule has 0 aliphatic rings. The van der Waals surface area contributed by atoms with Gasteiger partial charge in [0.1, 0.15) is 17.2 Å². The van der Waals surface area contributed by atoms with E-state index in [-0.39, 0.29) is 0 Å². The predicted octanol–water partition coefficient (Wildman–Crippen LogP) is 3.03. The molecule has 0 saturated heterocycles. The van der Waals surface area contributed by atoms with E-state index in [2.05, 4.69) is 18.1 Å². The third kappa shape index (κ3) is 1.35. The van der Waals surface area contributed by atoms with Gasteiger partial charge in [-0.05, 0) is 31.0 Å². The molecule has 3 rings (SSSR count). The molecular formula is C14H15N3O. The Balaban J connectivity index is 2.39. The molecule has 0 amide bonds. The number of anilines is 1. The first-order valence-electron chi connectivity index (χ1n) is 5.86. The Morgan fingerprint density at radius 1 is 1.22 bits per heavy atom. The van der Waals surface area contributed by atoms with Crippen LogP contribution in [0, 0.1) is 13.8 Å². The maximum Gasteiger partial charge on any atom is 0.135 e. The van der Waals surface area contributed by atoms with Crippen LogP contribution >= 0.6 is 0 Å². The van der Waals surface area contributed by atoms with E-state index in [0.717, 1.165) is 33.4 Å². The molecule has 0 radical (unpaired) electrons. The van der Waals surface area contributed by atoms with Crippen LogP contribution < -0.4 is 5.73 Å². The van der Waals surface area contributed by atoms with Gasteiger partial charge < -0.3 is 10.2 Å². The smallest absolute Gasteiger partial charge is 0.135 e. The molecule has 0 unspecified atom stereocenters. The van der Waals surface area contributed by atoms with Crippen molar-refractivity contribution in [2.75, 3.05) is 5.73 Å². The molecule has 0 atom stereocenters. The van der Waals surface area contributed by atoms with Crippen LogP contribution in [0.5, 0.6) is 0 Å². The molecule has 0 spiro atoms. The summed E-state index contributed by atoms with van der Waals surface area (Å²) in [5.41, 5.74) is 10.1. The highest BCUT2D eigenvalue weighted by Crippen LogP contribution is 2.36. The van der Waals surface area contributed by atoms with Gasteiger partial charge in [-0.2, -0.15) is 5.10 Å². The van der Waals surface area contributed by atoms with Crippen molar-refractivity contribution in [2.45, 2.75) is 13.8 Å². The largest absolute Gasteiger partial charge is 0.461 e. The Labute approximate surface area is 105 Å². The maximum absolute atomic E-state index is 6.05. The van der Waals surface area contributed by atoms with Crippen molar-refractivity contribution in [2.24, 2.45) is 7.05 Å². The third-order valence-corrected chi connectivity index (χ3v) is 3.47. The monoisotopic (exact) mass is 241 g/mol. The average molecular weight is 241 g/mol. The first-order valence-corrected chi connectivity index (χ1v) is 5.86. The number of nitrogens with zero attached hydrogens (tertiary/aromatic N) is 2. The fraction of sp³-hybridized carbons (Fsp3) is 0.214. The number of benzene rings is 1. The van der Waals surface area contributed by atoms with Crippen LogP contribution in [-0.4, -0.2) is 9.78 Å². The number of nitrogen functional groups attached to an aromatic ring is 1. The number of fused-ring (bicyclic) bond motifs is 1. The fourth-order valence-electron chi connectivity index (χ4n) is 2.30. The Morgan fingerprint density at radius 3 is 2.67 bits per heavy atom. The second kappa shape index (κ2) is 3.63. The van der Waals surface area contributed by atoms with E-state index in [0.29, 0.717) is 5.82 Å². The minimum Gasteiger partial charge on any atom is -0.461 e. The lowest BCUT2D eigenvalue weighted by atomic mass is 10.0. The van der Waals surface area contributed by atoms with Gasteiger partial charge in [0.05, 0.1) is 6.20 Å². The molecule has 0 saturated carbocycles. The van der Waals surface area contributed by atoms with Gasteiger partial charge in [-0.1, -0.05) is 12.1 Å². The van der Waals surface area contributed by atoms with E-state index in [1.165, 1.54) is 0 Å². The van der Waals surface area contributed by atoms with Crippen LogP contribution in [0.1, 0.15) is 11.3 Å². The molecule has 0 bridgehead atoms. The van der Waals surface area contributed by atoms with Gasteiger partial charge in [0.15, 0.2) is 0 Å². The summed E-state index contributed by atoms with van der Waals surface area (Å²) in [5, 5.41) is 5.32. The average Bonchev–Trinajstić information content (AvgIpc) is 2.83. The number of aryl methyl sites for hydroxylation is 3. The molecule has 4 nitrogen and oxygen atoms in total. The topological polar surface area (TPSA) is 57.0 Å². The molecule has 2 heterocycles. The summed E-state index contributed by atoms with van der Waals surface area (Å²) in [6, 6.07) is 6.01. The SMILES string of the molecule is Cc1oc2cccc(-c3cnn(C)c3N)c2c1C. The van der Waals surface area contributed by atoms with Crippen molar-refractivity contribution in [1.29, 1.82) is 0 Å². The van der Waals surface area contributed by atoms with Crippen molar-refractivity contribution < 1.29 is 4.42 Å². The van der Waals surface area contributed by atoms with Crippen molar-refractivity contribution >= 4 is 16.8 Å². The highest BCUT2D eigenvalue weighted by molar-refractivity contribution is 5.99. The second-order valence-corrected chi connectivity index (χ2v) is 4.53. The molecule has 18 heavy (non-hydrogen) atoms. The number of hydrogen-bond donors (Lipinski definition) is 1. The lowest BCUT2D eigenvalue weighted by Crippen LogP contribution is -1.98. The Bertz CT molecular complexity index is 737. The lowest BCUT2D eigenvalue weighted by Gasteiger charge is -2.03. The van der Waals surface area contributed by atoms with E-state index < -0.39 is 0 Å². The summed E-state index contributed by atoms with van der Waals surface area (Å²) in [5.74, 6) is 1.61. The van der Waals surface area contributed by atoms with E-state index in [1.54, 1.807) is 10.9 Å². The number of hydrogen-bond acceptors (Lipinski definition) is 3. The zero-order valence-corrected chi connectivity index (χ0v) is 10.7. The van der Waals surface area contributed by atoms with Crippen molar-refractivity contribution in [3.8, 4) is 11.1 Å². The minimum absolute atomic E-state index is 0.667. The van der Waals surface area contributed by atoms with Crippen LogP contribution in [0.2, 0.25) is 0 Å². The maximum atomic E-state index is 6.05. The molecule has 0 fully saturated rings. The van der Waals surface area contributed by atoms with Crippen molar-refractivity contribution in [1.82, 2.24) is 9.78 Å². The number of nitrogens with two attached hydrogens (primary N) is 1. The van der Waals surface area contributed by atoms with Crippen molar-refractivity contribution in [3.05, 3.63) is 35.7 Å². The fourth-order valence-corrected chi connectivity index (χ4v) is 2.30. The van der Waals surface area contributed by atoms with E-state index in [1.807, 2.05) is 26.1 Å². The molecule has 0 aliphatic carbocycles. The van der Waals surface area contributed by atoms with Gasteiger partial charge in [0.25, 0.3) is 0 Å². The molecule has 2 aromatic heterocycles. The summed E-state index contributed by atoms with van der Waals surface area (Å²) in [6.45, 7) is 4.04. The van der Waals surface area contributed by atoms with E-state index in [4.69, 9.17) is 10.2 Å². The third-order valence-electron chi connectivity index (χ3n) is 3.47. The minimum atomic E-state index is 0.667. The first-order chi connectivity index (χ1) is 8.59. The molecule has 3 aromatic rings. The molecule has 2 N–H and O–H groups in total. The lowest BCUT2D eigenvalue weighted by molar-refractivity contribution is 0.575. The second-order valence-electron chi connectivity index (χ2n) is 4.53. The van der Waals surface area contributed by atoms with Crippen LogP contribution in [0.4, 0.5) is 5.82 Å². The van der Waals surface area contributed by atoms with Gasteiger partial charge in [-0.15, -0.1) is 0 Å². The van der Waals surface area contributed by atoms with Crippen LogP contribution in [-0.2, 0) is 7.05 Å². The zero-order valence-electron chi connectivity index (χ0n) is 10.7. The summed E-state index contributed by atoms with van der Waals surface area (Å²) in [6.07, 6.45) is 1.80. The molecule has 4 heteroatoms. The van der Waals surface area contributed by atoms with Crippen LogP contribution in [0.3, 0.4) is 0 Å². The van der Waals surface area contributed by atoms with Crippen LogP contribution in [0.15, 0.2) is 28.8 Å². The standard InChI is InChI=1S/C14H15N3O/c1-8-9(2)18-12-6-4-5-10(13(8)12)11-7-16-17(3)14(11)15/h4-7H,15H2,1-3H3. The summed E-state index contributed by atoms with van der Waals surface area (Å²) < 4.78 is 7.42. The molecule has 1 aromatic carbocycles. The quantitative estimate of drug-likeness (QED) is 0.712. The van der Waals surface area contributed by atoms with Gasteiger partial charge >= 0.3 is 0 Å². The van der Waals surface area contributed by atoms with E-state index >= 15 is 0 Å². The van der Waals surface area contributed by atoms with Gasteiger partial charge in [0, 0.05) is 18.0 Å². The summed E-state index contributed by atoms with van der Waals surface area (Å²) in [7, 11) is 1.84.